The number of para-hydroxylation sites is 2. The molecule has 0 atom stereocenters. The summed E-state index contributed by atoms with van der Waals surface area (Å²) in [6.45, 7) is 0. The number of hydrogen-bond acceptors (Lipinski definition) is 4. The molecule has 10 aromatic rings. The van der Waals surface area contributed by atoms with Crippen molar-refractivity contribution >= 4 is 64.1 Å². The van der Waals surface area contributed by atoms with Crippen molar-refractivity contribution in [3.05, 3.63) is 169 Å². The smallest absolute Gasteiger partial charge is 0.163 e. The lowest BCUT2D eigenvalue weighted by Crippen LogP contribution is -2.06. The SMILES string of the molecule is c1ccc(-c2nc(Cc3ccccc3-n3c4ccccc4c4c5ccccc5c5c6ccccc6sc5c43)nc(-c3ccccc3)n2)cc1. The first-order valence-electron chi connectivity index (χ1n) is 16.5. The first kappa shape index (κ1) is 27.9. The van der Waals surface area contributed by atoms with Crippen LogP contribution in [0.1, 0.15) is 11.4 Å². The molecule has 49 heavy (non-hydrogen) atoms. The lowest BCUT2D eigenvalue weighted by atomic mass is 9.99. The Morgan fingerprint density at radius 1 is 0.469 bits per heavy atom. The van der Waals surface area contributed by atoms with Crippen molar-refractivity contribution in [1.29, 1.82) is 0 Å². The van der Waals surface area contributed by atoms with Crippen molar-refractivity contribution in [3.63, 3.8) is 0 Å². The molecule has 0 aliphatic carbocycles. The van der Waals surface area contributed by atoms with Crippen molar-refractivity contribution < 1.29 is 0 Å². The van der Waals surface area contributed by atoms with Gasteiger partial charge in [-0.25, -0.2) is 15.0 Å². The summed E-state index contributed by atoms with van der Waals surface area (Å²) in [7, 11) is 0. The fourth-order valence-electron chi connectivity index (χ4n) is 7.36. The number of nitrogens with zero attached hydrogens (tertiary/aromatic N) is 4. The molecule has 10 rings (SSSR count). The summed E-state index contributed by atoms with van der Waals surface area (Å²) in [4.78, 5) is 15.1. The molecular weight excluding hydrogens is 617 g/mol. The van der Waals surface area contributed by atoms with Crippen LogP contribution in [-0.4, -0.2) is 19.5 Å². The Bertz CT molecular complexity index is 2790. The molecule has 0 aliphatic heterocycles. The van der Waals surface area contributed by atoms with Gasteiger partial charge in [-0.2, -0.15) is 0 Å². The molecule has 0 spiro atoms. The number of benzene rings is 7. The van der Waals surface area contributed by atoms with Crippen molar-refractivity contribution in [2.75, 3.05) is 0 Å². The highest BCUT2D eigenvalue weighted by Crippen LogP contribution is 2.48. The highest BCUT2D eigenvalue weighted by Gasteiger charge is 2.23. The molecule has 0 radical (unpaired) electrons. The van der Waals surface area contributed by atoms with E-state index >= 15 is 0 Å². The Morgan fingerprint density at radius 2 is 1.02 bits per heavy atom. The quantitative estimate of drug-likeness (QED) is 0.187. The molecule has 0 N–H and O–H groups in total. The van der Waals surface area contributed by atoms with Crippen LogP contribution in [0.4, 0.5) is 0 Å². The zero-order valence-electron chi connectivity index (χ0n) is 26.4. The predicted molar refractivity (Wildman–Crippen MR) is 205 cm³/mol. The van der Waals surface area contributed by atoms with Gasteiger partial charge in [0.25, 0.3) is 0 Å². The minimum absolute atomic E-state index is 0.551. The number of rotatable bonds is 5. The lowest BCUT2D eigenvalue weighted by Gasteiger charge is -2.15. The van der Waals surface area contributed by atoms with Gasteiger partial charge in [0.05, 0.1) is 15.7 Å². The molecule has 0 amide bonds. The molecule has 0 bridgehead atoms. The van der Waals surface area contributed by atoms with E-state index in [9.17, 15) is 0 Å². The summed E-state index contributed by atoms with van der Waals surface area (Å²) in [5.41, 5.74) is 6.65. The molecule has 230 valence electrons. The van der Waals surface area contributed by atoms with E-state index in [-0.39, 0.29) is 0 Å². The number of fused-ring (bicyclic) bond motifs is 10. The van der Waals surface area contributed by atoms with E-state index in [1.54, 1.807) is 0 Å². The van der Waals surface area contributed by atoms with E-state index < -0.39 is 0 Å². The summed E-state index contributed by atoms with van der Waals surface area (Å²) in [6.07, 6.45) is 0.551. The average Bonchev–Trinajstić information content (AvgIpc) is 3.73. The van der Waals surface area contributed by atoms with Crippen LogP contribution in [0.3, 0.4) is 0 Å². The first-order chi connectivity index (χ1) is 24.3. The predicted octanol–water partition coefficient (Wildman–Crippen LogP) is 11.4. The van der Waals surface area contributed by atoms with E-state index in [1.807, 2.05) is 47.7 Å². The van der Waals surface area contributed by atoms with Crippen LogP contribution >= 0.6 is 11.3 Å². The second-order valence-electron chi connectivity index (χ2n) is 12.4. The fraction of sp³-hybridized carbons (Fsp3) is 0.0227. The summed E-state index contributed by atoms with van der Waals surface area (Å²) in [5.74, 6) is 2.09. The summed E-state index contributed by atoms with van der Waals surface area (Å²) >= 11 is 1.89. The number of thiophene rings is 1. The Hall–Kier alpha value is -6.17. The van der Waals surface area contributed by atoms with Gasteiger partial charge in [-0.15, -0.1) is 11.3 Å². The second kappa shape index (κ2) is 11.2. The standard InChI is InChI=1S/C44H28N4S/c1-3-15-28(16-4-1)43-45-38(46-44(47-43)29-17-5-2-6-18-29)27-30-19-7-12-24-35(30)48-36-25-13-10-22-33(36)39-31-20-8-9-21-32(31)40-34-23-11-14-26-37(34)49-42(40)41(39)48/h1-26H,27H2. The number of hydrogen-bond donors (Lipinski definition) is 0. The maximum atomic E-state index is 5.06. The maximum absolute atomic E-state index is 5.06. The van der Waals surface area contributed by atoms with Gasteiger partial charge in [-0.3, -0.25) is 0 Å². The zero-order valence-corrected chi connectivity index (χ0v) is 27.2. The van der Waals surface area contributed by atoms with Crippen LogP contribution in [0.5, 0.6) is 0 Å². The molecule has 0 fully saturated rings. The van der Waals surface area contributed by atoms with Crippen molar-refractivity contribution in [2.24, 2.45) is 0 Å². The molecule has 3 heterocycles. The molecule has 0 aliphatic rings. The molecule has 0 saturated carbocycles. The topological polar surface area (TPSA) is 43.6 Å². The van der Waals surface area contributed by atoms with Crippen LogP contribution in [0.25, 0.3) is 81.2 Å². The van der Waals surface area contributed by atoms with Gasteiger partial charge in [0.15, 0.2) is 11.6 Å². The van der Waals surface area contributed by atoms with Gasteiger partial charge < -0.3 is 4.57 Å². The Kier molecular flexibility index (Phi) is 6.39. The van der Waals surface area contributed by atoms with E-state index in [0.717, 1.165) is 28.2 Å². The Morgan fingerprint density at radius 3 is 1.73 bits per heavy atom. The third-order valence-corrected chi connectivity index (χ3v) is 10.7. The highest BCUT2D eigenvalue weighted by atomic mass is 32.1. The van der Waals surface area contributed by atoms with Crippen LogP contribution < -0.4 is 0 Å². The van der Waals surface area contributed by atoms with E-state index in [0.29, 0.717) is 18.1 Å². The third kappa shape index (κ3) is 4.47. The Balaban J connectivity index is 1.25. The molecule has 0 unspecified atom stereocenters. The Labute approximate surface area is 286 Å². The maximum Gasteiger partial charge on any atom is 0.163 e. The van der Waals surface area contributed by atoms with Crippen molar-refractivity contribution in [1.82, 2.24) is 19.5 Å². The highest BCUT2D eigenvalue weighted by molar-refractivity contribution is 7.27. The van der Waals surface area contributed by atoms with Crippen LogP contribution in [-0.2, 0) is 6.42 Å². The lowest BCUT2D eigenvalue weighted by molar-refractivity contribution is 0.925. The van der Waals surface area contributed by atoms with Crippen LogP contribution in [0.15, 0.2) is 158 Å². The van der Waals surface area contributed by atoms with E-state index in [1.165, 1.54) is 52.8 Å². The molecule has 5 heteroatoms. The molecule has 0 saturated heterocycles. The summed E-state index contributed by atoms with van der Waals surface area (Å²) in [6, 6.07) is 55.6. The van der Waals surface area contributed by atoms with E-state index in [4.69, 9.17) is 15.0 Å². The van der Waals surface area contributed by atoms with Crippen molar-refractivity contribution in [2.45, 2.75) is 6.42 Å². The molecule has 3 aromatic heterocycles. The van der Waals surface area contributed by atoms with Gasteiger partial charge >= 0.3 is 0 Å². The normalized spacial score (nSPS) is 11.8. The fourth-order valence-corrected chi connectivity index (χ4v) is 8.62. The van der Waals surface area contributed by atoms with Crippen LogP contribution in [0, 0.1) is 0 Å². The summed E-state index contributed by atoms with van der Waals surface area (Å²) < 4.78 is 5.09. The number of aromatic nitrogens is 4. The molecular formula is C44H28N4S. The minimum Gasteiger partial charge on any atom is -0.307 e. The minimum atomic E-state index is 0.551. The average molecular weight is 645 g/mol. The first-order valence-corrected chi connectivity index (χ1v) is 17.3. The zero-order chi connectivity index (χ0) is 32.3. The molecule has 7 aromatic carbocycles. The van der Waals surface area contributed by atoms with Gasteiger partial charge in [0.2, 0.25) is 0 Å². The van der Waals surface area contributed by atoms with Gasteiger partial charge in [-0.05, 0) is 34.5 Å². The van der Waals surface area contributed by atoms with Gasteiger partial charge in [0.1, 0.15) is 5.82 Å². The second-order valence-corrected chi connectivity index (χ2v) is 13.4. The molecule has 4 nitrogen and oxygen atoms in total. The third-order valence-electron chi connectivity index (χ3n) is 9.48. The monoisotopic (exact) mass is 644 g/mol. The largest absolute Gasteiger partial charge is 0.307 e. The van der Waals surface area contributed by atoms with Crippen LogP contribution in [0.2, 0.25) is 0 Å². The van der Waals surface area contributed by atoms with E-state index in [2.05, 4.69) is 126 Å². The van der Waals surface area contributed by atoms with Gasteiger partial charge in [-0.1, -0.05) is 140 Å². The summed E-state index contributed by atoms with van der Waals surface area (Å²) in [5, 5.41) is 7.74. The van der Waals surface area contributed by atoms with Gasteiger partial charge in [0, 0.05) is 49.5 Å². The van der Waals surface area contributed by atoms with Crippen molar-refractivity contribution in [3.8, 4) is 28.5 Å².